The highest BCUT2D eigenvalue weighted by molar-refractivity contribution is 6.30. The topological polar surface area (TPSA) is 82.8 Å². The molecule has 176 valence electrons. The average Bonchev–Trinajstić information content (AvgIpc) is 3.56. The molecule has 0 saturated heterocycles. The highest BCUT2D eigenvalue weighted by atomic mass is 35.5. The maximum atomic E-state index is 13.4. The fraction of sp³-hybridized carbons (Fsp3) is 0.0357. The molecule has 0 radical (unpaired) electrons. The van der Waals surface area contributed by atoms with Crippen LogP contribution >= 0.6 is 11.6 Å². The summed E-state index contributed by atoms with van der Waals surface area (Å²) in [6.07, 6.45) is 1.48. The number of hydrogen-bond donors (Lipinski definition) is 0. The van der Waals surface area contributed by atoms with Crippen LogP contribution in [0.1, 0.15) is 5.76 Å². The van der Waals surface area contributed by atoms with Gasteiger partial charge in [0.2, 0.25) is 5.82 Å². The van der Waals surface area contributed by atoms with Gasteiger partial charge in [0.25, 0.3) is 5.56 Å². The molecule has 0 N–H and O–H groups in total. The summed E-state index contributed by atoms with van der Waals surface area (Å²) in [5, 5.41) is 6.30. The summed E-state index contributed by atoms with van der Waals surface area (Å²) < 4.78 is 18.6. The predicted octanol–water partition coefficient (Wildman–Crippen LogP) is 6.61. The monoisotopic (exact) mass is 495 g/mol. The molecule has 3 aromatic carbocycles. The molecular formula is C28H18ClN3O4. The van der Waals surface area contributed by atoms with Gasteiger partial charge in [-0.05, 0) is 66.7 Å². The van der Waals surface area contributed by atoms with E-state index in [4.69, 9.17) is 30.2 Å². The van der Waals surface area contributed by atoms with Crippen LogP contribution in [-0.4, -0.2) is 23.0 Å². The van der Waals surface area contributed by atoms with Crippen LogP contribution in [0.2, 0.25) is 5.02 Å². The summed E-state index contributed by atoms with van der Waals surface area (Å²) in [5.41, 5.74) is 1.70. The molecule has 0 aliphatic heterocycles. The molecule has 3 aromatic heterocycles. The van der Waals surface area contributed by atoms with E-state index in [1.165, 1.54) is 10.9 Å². The lowest BCUT2D eigenvalue weighted by Gasteiger charge is -2.06. The molecule has 0 saturated carbocycles. The van der Waals surface area contributed by atoms with Crippen LogP contribution in [0.15, 0.2) is 104 Å². The summed E-state index contributed by atoms with van der Waals surface area (Å²) in [6.45, 7) is 0. The van der Waals surface area contributed by atoms with E-state index in [1.54, 1.807) is 49.6 Å². The highest BCUT2D eigenvalue weighted by Gasteiger charge is 2.18. The van der Waals surface area contributed by atoms with Crippen molar-refractivity contribution < 1.29 is 13.6 Å². The van der Waals surface area contributed by atoms with Crippen molar-refractivity contribution in [2.24, 2.45) is 5.10 Å². The number of methoxy groups -OCH3 is 1. The molecule has 0 fully saturated rings. The number of rotatable bonds is 5. The number of halogens is 1. The van der Waals surface area contributed by atoms with Crippen molar-refractivity contribution in [2.75, 3.05) is 7.11 Å². The van der Waals surface area contributed by atoms with Crippen LogP contribution in [0.25, 0.3) is 44.8 Å². The molecule has 0 atom stereocenters. The van der Waals surface area contributed by atoms with Crippen LogP contribution in [0.4, 0.5) is 0 Å². The standard InChI is InChI=1S/C28H18ClN3O4/c1-34-24-7-4-8-25-21(24)15-26(36-25)27-31-22-6-3-2-5-20(22)28(33)32(27)30-16-19-13-14-23(35-19)17-9-11-18(29)12-10-17/h2-16H,1H3. The summed E-state index contributed by atoms with van der Waals surface area (Å²) in [7, 11) is 1.59. The molecule has 0 amide bonds. The predicted molar refractivity (Wildman–Crippen MR) is 140 cm³/mol. The van der Waals surface area contributed by atoms with Crippen molar-refractivity contribution in [3.05, 3.63) is 106 Å². The van der Waals surface area contributed by atoms with Crippen LogP contribution in [0, 0.1) is 0 Å². The van der Waals surface area contributed by atoms with E-state index in [-0.39, 0.29) is 11.4 Å². The van der Waals surface area contributed by atoms with Crippen LogP contribution in [0.5, 0.6) is 5.75 Å². The van der Waals surface area contributed by atoms with E-state index < -0.39 is 0 Å². The molecule has 8 heteroatoms. The van der Waals surface area contributed by atoms with Crippen LogP contribution < -0.4 is 10.3 Å². The second kappa shape index (κ2) is 8.87. The first-order valence-electron chi connectivity index (χ1n) is 11.1. The van der Waals surface area contributed by atoms with Gasteiger partial charge in [0.05, 0.1) is 29.6 Å². The largest absolute Gasteiger partial charge is 0.496 e. The van der Waals surface area contributed by atoms with Gasteiger partial charge in [-0.3, -0.25) is 4.79 Å². The molecule has 7 nitrogen and oxygen atoms in total. The highest BCUT2D eigenvalue weighted by Crippen LogP contribution is 2.33. The molecule has 0 spiro atoms. The lowest BCUT2D eigenvalue weighted by molar-refractivity contribution is 0.419. The van der Waals surface area contributed by atoms with Crippen molar-refractivity contribution in [3.8, 4) is 28.7 Å². The third-order valence-corrected chi connectivity index (χ3v) is 6.02. The van der Waals surface area contributed by atoms with Crippen molar-refractivity contribution >= 4 is 39.7 Å². The number of furan rings is 2. The zero-order valence-corrected chi connectivity index (χ0v) is 19.8. The van der Waals surface area contributed by atoms with Gasteiger partial charge >= 0.3 is 0 Å². The van der Waals surface area contributed by atoms with Crippen LogP contribution in [-0.2, 0) is 0 Å². The van der Waals surface area contributed by atoms with Gasteiger partial charge in [0, 0.05) is 10.6 Å². The molecule has 0 aliphatic carbocycles. The Bertz CT molecular complexity index is 1810. The summed E-state index contributed by atoms with van der Waals surface area (Å²) >= 11 is 5.98. The summed E-state index contributed by atoms with van der Waals surface area (Å²) in [4.78, 5) is 18.1. The normalized spacial score (nSPS) is 11.6. The first-order valence-corrected chi connectivity index (χ1v) is 11.5. The number of fused-ring (bicyclic) bond motifs is 2. The van der Waals surface area contributed by atoms with Gasteiger partial charge < -0.3 is 13.6 Å². The first-order chi connectivity index (χ1) is 17.6. The number of benzene rings is 3. The fourth-order valence-electron chi connectivity index (χ4n) is 4.02. The smallest absolute Gasteiger partial charge is 0.282 e. The SMILES string of the molecule is COc1cccc2oc(-c3nc4ccccc4c(=O)n3N=Cc3ccc(-c4ccc(Cl)cc4)o3)cc12. The minimum Gasteiger partial charge on any atom is -0.496 e. The van der Waals surface area contributed by atoms with E-state index >= 15 is 0 Å². The Hall–Kier alpha value is -4.62. The molecule has 0 bridgehead atoms. The van der Waals surface area contributed by atoms with E-state index in [0.29, 0.717) is 44.5 Å². The first kappa shape index (κ1) is 21.9. The summed E-state index contributed by atoms with van der Waals surface area (Å²) in [5.74, 6) is 2.43. The molecular weight excluding hydrogens is 478 g/mol. The fourth-order valence-corrected chi connectivity index (χ4v) is 4.14. The third kappa shape index (κ3) is 3.85. The number of ether oxygens (including phenoxy) is 1. The van der Waals surface area contributed by atoms with Crippen molar-refractivity contribution in [2.45, 2.75) is 0 Å². The number of hydrogen-bond acceptors (Lipinski definition) is 6. The number of nitrogens with zero attached hydrogens (tertiary/aromatic N) is 3. The van der Waals surface area contributed by atoms with Crippen molar-refractivity contribution in [1.29, 1.82) is 0 Å². The zero-order chi connectivity index (χ0) is 24.6. The lowest BCUT2D eigenvalue weighted by atomic mass is 10.2. The summed E-state index contributed by atoms with van der Waals surface area (Å²) in [6, 6.07) is 25.3. The number of aromatic nitrogens is 2. The number of para-hydroxylation sites is 1. The maximum absolute atomic E-state index is 13.4. The van der Waals surface area contributed by atoms with Gasteiger partial charge in [-0.25, -0.2) is 4.98 Å². The van der Waals surface area contributed by atoms with E-state index in [9.17, 15) is 4.79 Å². The molecule has 6 rings (SSSR count). The van der Waals surface area contributed by atoms with Gasteiger partial charge in [-0.1, -0.05) is 29.8 Å². The van der Waals surface area contributed by atoms with E-state index in [1.807, 2.05) is 42.5 Å². The molecule has 0 aliphatic rings. The second-order valence-corrected chi connectivity index (χ2v) is 8.44. The Morgan fingerprint density at radius 1 is 0.917 bits per heavy atom. The second-order valence-electron chi connectivity index (χ2n) is 8.01. The quantitative estimate of drug-likeness (QED) is 0.251. The Kier molecular flexibility index (Phi) is 5.39. The van der Waals surface area contributed by atoms with Crippen LogP contribution in [0.3, 0.4) is 0 Å². The Morgan fingerprint density at radius 2 is 1.75 bits per heavy atom. The van der Waals surface area contributed by atoms with E-state index in [2.05, 4.69) is 5.10 Å². The Balaban J connectivity index is 1.47. The molecule has 3 heterocycles. The van der Waals surface area contributed by atoms with Gasteiger partial charge in [-0.2, -0.15) is 9.78 Å². The minimum atomic E-state index is -0.330. The van der Waals surface area contributed by atoms with Gasteiger partial charge in [-0.15, -0.1) is 0 Å². The minimum absolute atomic E-state index is 0.262. The van der Waals surface area contributed by atoms with Crippen molar-refractivity contribution in [1.82, 2.24) is 9.66 Å². The van der Waals surface area contributed by atoms with E-state index in [0.717, 1.165) is 10.9 Å². The lowest BCUT2D eigenvalue weighted by Crippen LogP contribution is -2.20. The Labute approximate surface area is 209 Å². The Morgan fingerprint density at radius 3 is 2.58 bits per heavy atom. The molecule has 6 aromatic rings. The van der Waals surface area contributed by atoms with Gasteiger partial charge in [0.15, 0.2) is 5.76 Å². The zero-order valence-electron chi connectivity index (χ0n) is 19.0. The van der Waals surface area contributed by atoms with Gasteiger partial charge in [0.1, 0.15) is 22.9 Å². The molecule has 36 heavy (non-hydrogen) atoms. The molecule has 0 unspecified atom stereocenters. The van der Waals surface area contributed by atoms with Crippen molar-refractivity contribution in [3.63, 3.8) is 0 Å². The maximum Gasteiger partial charge on any atom is 0.282 e. The third-order valence-electron chi connectivity index (χ3n) is 5.77. The average molecular weight is 496 g/mol.